The molecule has 1 amide bonds. The molecule has 0 fully saturated rings. The van der Waals surface area contributed by atoms with Gasteiger partial charge in [-0.25, -0.2) is 4.79 Å². The summed E-state index contributed by atoms with van der Waals surface area (Å²) in [6.07, 6.45) is 3.82. The van der Waals surface area contributed by atoms with E-state index in [1.54, 1.807) is 24.3 Å². The number of carbonyl (C=O) groups is 1. The minimum Gasteiger partial charge on any atom is -0.507 e. The molecule has 110 valence electrons. The minimum absolute atomic E-state index is 0.176. The summed E-state index contributed by atoms with van der Waals surface area (Å²) in [7, 11) is 0. The first-order valence-electron chi connectivity index (χ1n) is 6.50. The van der Waals surface area contributed by atoms with Crippen LogP contribution >= 0.6 is 0 Å². The number of ether oxygens (including phenoxy) is 1. The molecular weight excluding hydrogens is 256 g/mol. The van der Waals surface area contributed by atoms with E-state index < -0.39 is 11.7 Å². The van der Waals surface area contributed by atoms with Gasteiger partial charge < -0.3 is 20.9 Å². The highest BCUT2D eigenvalue weighted by atomic mass is 16.6. The number of hydrogen-bond donors (Lipinski definition) is 3. The van der Waals surface area contributed by atoms with Crippen molar-refractivity contribution in [3.8, 4) is 5.75 Å². The van der Waals surface area contributed by atoms with Gasteiger partial charge in [0.2, 0.25) is 0 Å². The first-order chi connectivity index (χ1) is 9.28. The predicted molar refractivity (Wildman–Crippen MR) is 80.4 cm³/mol. The highest BCUT2D eigenvalue weighted by molar-refractivity contribution is 5.67. The van der Waals surface area contributed by atoms with Crippen molar-refractivity contribution >= 4 is 17.9 Å². The number of hydrogen-bond acceptors (Lipinski definition) is 4. The van der Waals surface area contributed by atoms with Crippen molar-refractivity contribution in [1.29, 1.82) is 0 Å². The first kappa shape index (κ1) is 15.9. The van der Waals surface area contributed by atoms with E-state index in [1.165, 1.54) is 0 Å². The number of anilines is 1. The molecule has 0 atom stereocenters. The Balaban J connectivity index is 2.36. The molecule has 1 aromatic carbocycles. The van der Waals surface area contributed by atoms with Gasteiger partial charge in [-0.05, 0) is 45.4 Å². The van der Waals surface area contributed by atoms with E-state index >= 15 is 0 Å². The van der Waals surface area contributed by atoms with E-state index in [0.29, 0.717) is 24.2 Å². The van der Waals surface area contributed by atoms with Crippen molar-refractivity contribution in [2.24, 2.45) is 0 Å². The monoisotopic (exact) mass is 278 g/mol. The number of rotatable bonds is 4. The Labute approximate surface area is 119 Å². The predicted octanol–water partition coefficient (Wildman–Crippen LogP) is 2.90. The summed E-state index contributed by atoms with van der Waals surface area (Å²) in [6, 6.07) is 4.87. The molecule has 0 aliphatic carbocycles. The van der Waals surface area contributed by atoms with Crippen molar-refractivity contribution in [1.82, 2.24) is 5.32 Å². The van der Waals surface area contributed by atoms with Gasteiger partial charge in [-0.2, -0.15) is 0 Å². The van der Waals surface area contributed by atoms with Gasteiger partial charge in [0.1, 0.15) is 11.4 Å². The average Bonchev–Trinajstić information content (AvgIpc) is 2.30. The topological polar surface area (TPSA) is 84.6 Å². The number of alkyl carbamates (subject to hydrolysis) is 1. The van der Waals surface area contributed by atoms with Crippen molar-refractivity contribution in [2.45, 2.75) is 32.8 Å². The third-order valence-electron chi connectivity index (χ3n) is 2.33. The summed E-state index contributed by atoms with van der Waals surface area (Å²) >= 11 is 0. The van der Waals surface area contributed by atoms with Gasteiger partial charge in [0.25, 0.3) is 0 Å². The summed E-state index contributed by atoms with van der Waals surface area (Å²) < 4.78 is 5.11. The zero-order valence-corrected chi connectivity index (χ0v) is 12.1. The van der Waals surface area contributed by atoms with E-state index in [1.807, 2.05) is 26.8 Å². The number of nitrogens with two attached hydrogens (primary N) is 1. The molecule has 5 heteroatoms. The number of benzene rings is 1. The fourth-order valence-corrected chi connectivity index (χ4v) is 1.49. The van der Waals surface area contributed by atoms with E-state index in [9.17, 15) is 9.90 Å². The molecule has 0 aliphatic heterocycles. The summed E-state index contributed by atoms with van der Waals surface area (Å²) in [5.74, 6) is 0.176. The van der Waals surface area contributed by atoms with Crippen LogP contribution in [0.2, 0.25) is 0 Å². The van der Waals surface area contributed by atoms with Gasteiger partial charge in [-0.15, -0.1) is 0 Å². The Morgan fingerprint density at radius 1 is 1.45 bits per heavy atom. The lowest BCUT2D eigenvalue weighted by molar-refractivity contribution is 0.0529. The third kappa shape index (κ3) is 6.13. The smallest absolute Gasteiger partial charge is 0.407 e. The molecule has 0 spiro atoms. The van der Waals surface area contributed by atoms with Gasteiger partial charge in [-0.3, -0.25) is 0 Å². The zero-order chi connectivity index (χ0) is 15.2. The number of phenols is 1. The quantitative estimate of drug-likeness (QED) is 0.449. The van der Waals surface area contributed by atoms with Crippen molar-refractivity contribution < 1.29 is 14.6 Å². The lowest BCUT2D eigenvalue weighted by atomic mass is 10.1. The van der Waals surface area contributed by atoms with Gasteiger partial charge in [0.15, 0.2) is 0 Å². The van der Waals surface area contributed by atoms with E-state index in [2.05, 4.69) is 5.32 Å². The van der Waals surface area contributed by atoms with Gasteiger partial charge >= 0.3 is 6.09 Å². The summed E-state index contributed by atoms with van der Waals surface area (Å²) in [6.45, 7) is 5.91. The average molecular weight is 278 g/mol. The number of carbonyl (C=O) groups excluding carboxylic acids is 1. The summed E-state index contributed by atoms with van der Waals surface area (Å²) in [5, 5.41) is 12.3. The molecule has 0 unspecified atom stereocenters. The summed E-state index contributed by atoms with van der Waals surface area (Å²) in [5.41, 5.74) is 6.39. The standard InChI is InChI=1S/C15H22N2O3/c1-15(2,3)20-14(19)17-9-5-4-6-11-10-12(16)7-8-13(11)18/h4,6-8,10,18H,5,9,16H2,1-3H3,(H,17,19). The molecule has 0 aliphatic rings. The van der Waals surface area contributed by atoms with E-state index in [0.717, 1.165) is 0 Å². The van der Waals surface area contributed by atoms with E-state index in [4.69, 9.17) is 10.5 Å². The molecule has 0 heterocycles. The van der Waals surface area contributed by atoms with Crippen LogP contribution in [0.5, 0.6) is 5.75 Å². The molecule has 4 N–H and O–H groups in total. The lowest BCUT2D eigenvalue weighted by Crippen LogP contribution is -2.32. The fraction of sp³-hybridized carbons (Fsp3) is 0.400. The van der Waals surface area contributed by atoms with Crippen LogP contribution < -0.4 is 11.1 Å². The Morgan fingerprint density at radius 3 is 2.80 bits per heavy atom. The number of nitrogens with one attached hydrogen (secondary N) is 1. The van der Waals surface area contributed by atoms with Crippen molar-refractivity contribution in [3.05, 3.63) is 29.8 Å². The van der Waals surface area contributed by atoms with Crippen LogP contribution in [-0.2, 0) is 4.74 Å². The molecule has 20 heavy (non-hydrogen) atoms. The number of nitrogen functional groups attached to an aromatic ring is 1. The fourth-order valence-electron chi connectivity index (χ4n) is 1.49. The normalized spacial score (nSPS) is 11.6. The Hall–Kier alpha value is -2.17. The molecule has 0 bridgehead atoms. The molecule has 0 saturated carbocycles. The molecule has 0 saturated heterocycles. The van der Waals surface area contributed by atoms with Crippen LogP contribution in [0.4, 0.5) is 10.5 Å². The highest BCUT2D eigenvalue weighted by Crippen LogP contribution is 2.21. The maximum atomic E-state index is 11.4. The SMILES string of the molecule is CC(C)(C)OC(=O)NCCC=Cc1cc(N)ccc1O. The maximum Gasteiger partial charge on any atom is 0.407 e. The number of phenolic OH excluding ortho intramolecular Hbond substituents is 1. The molecule has 0 radical (unpaired) electrons. The Bertz CT molecular complexity index is 490. The van der Waals surface area contributed by atoms with E-state index in [-0.39, 0.29) is 5.75 Å². The van der Waals surface area contributed by atoms with Crippen molar-refractivity contribution in [3.63, 3.8) is 0 Å². The van der Waals surface area contributed by atoms with Crippen LogP contribution in [0.15, 0.2) is 24.3 Å². The number of aromatic hydroxyl groups is 1. The van der Waals surface area contributed by atoms with Gasteiger partial charge in [-0.1, -0.05) is 12.2 Å². The zero-order valence-electron chi connectivity index (χ0n) is 12.1. The molecular formula is C15H22N2O3. The lowest BCUT2D eigenvalue weighted by Gasteiger charge is -2.19. The first-order valence-corrected chi connectivity index (χ1v) is 6.50. The minimum atomic E-state index is -0.493. The molecule has 5 nitrogen and oxygen atoms in total. The second-order valence-electron chi connectivity index (χ2n) is 5.44. The highest BCUT2D eigenvalue weighted by Gasteiger charge is 2.15. The van der Waals surface area contributed by atoms with Crippen LogP contribution in [0.1, 0.15) is 32.8 Å². The second kappa shape index (κ2) is 6.84. The molecule has 1 aromatic rings. The van der Waals surface area contributed by atoms with Crippen LogP contribution in [0, 0.1) is 0 Å². The largest absolute Gasteiger partial charge is 0.507 e. The van der Waals surface area contributed by atoms with Crippen LogP contribution in [-0.4, -0.2) is 23.3 Å². The van der Waals surface area contributed by atoms with Crippen LogP contribution in [0.3, 0.4) is 0 Å². The molecule has 0 aromatic heterocycles. The number of amides is 1. The second-order valence-corrected chi connectivity index (χ2v) is 5.44. The Morgan fingerprint density at radius 2 is 2.15 bits per heavy atom. The van der Waals surface area contributed by atoms with Crippen molar-refractivity contribution in [2.75, 3.05) is 12.3 Å². The van der Waals surface area contributed by atoms with Gasteiger partial charge in [0.05, 0.1) is 0 Å². The van der Waals surface area contributed by atoms with Gasteiger partial charge in [0, 0.05) is 17.8 Å². The summed E-state index contributed by atoms with van der Waals surface area (Å²) in [4.78, 5) is 11.4. The Kier molecular flexibility index (Phi) is 5.43. The van der Waals surface area contributed by atoms with Crippen LogP contribution in [0.25, 0.3) is 6.08 Å². The maximum absolute atomic E-state index is 11.4. The third-order valence-corrected chi connectivity index (χ3v) is 2.33. The molecule has 1 rings (SSSR count).